The summed E-state index contributed by atoms with van der Waals surface area (Å²) < 4.78 is 11.1. The number of carbonyl (C=O) groups is 1. The molecule has 1 fully saturated rings. The average Bonchev–Trinajstić information content (AvgIpc) is 3.33. The molecular weight excluding hydrogens is 438 g/mol. The highest BCUT2D eigenvalue weighted by atomic mass is 35.5. The fourth-order valence-corrected chi connectivity index (χ4v) is 4.53. The Morgan fingerprint density at radius 2 is 1.64 bits per heavy atom. The number of amides is 1. The fraction of sp³-hybridized carbons (Fsp3) is 0.269. The molecule has 1 N–H and O–H groups in total. The van der Waals surface area contributed by atoms with Gasteiger partial charge in [-0.3, -0.25) is 9.69 Å². The first-order chi connectivity index (χ1) is 16.2. The van der Waals surface area contributed by atoms with Crippen LogP contribution in [0.15, 0.2) is 72.8 Å². The Kier molecular flexibility index (Phi) is 6.37. The van der Waals surface area contributed by atoms with Crippen LogP contribution in [-0.2, 0) is 0 Å². The second kappa shape index (κ2) is 9.73. The number of hydrogen-bond donors (Lipinski definition) is 1. The largest absolute Gasteiger partial charge is 0.454 e. The van der Waals surface area contributed by atoms with Gasteiger partial charge in [-0.2, -0.15) is 0 Å². The summed E-state index contributed by atoms with van der Waals surface area (Å²) in [5, 5.41) is 3.73. The Morgan fingerprint density at radius 3 is 2.39 bits per heavy atom. The van der Waals surface area contributed by atoms with Gasteiger partial charge in [0.05, 0.1) is 6.04 Å². The van der Waals surface area contributed by atoms with Crippen LogP contribution in [0.1, 0.15) is 22.0 Å². The zero-order valence-corrected chi connectivity index (χ0v) is 19.0. The van der Waals surface area contributed by atoms with Gasteiger partial charge in [0, 0.05) is 49.0 Å². The highest BCUT2D eigenvalue weighted by Gasteiger charge is 2.27. The lowest BCUT2D eigenvalue weighted by Gasteiger charge is -2.40. The van der Waals surface area contributed by atoms with Crippen LogP contribution in [0.5, 0.6) is 11.5 Å². The molecule has 1 unspecified atom stereocenters. The van der Waals surface area contributed by atoms with Crippen molar-refractivity contribution < 1.29 is 14.3 Å². The number of piperazine rings is 1. The molecule has 0 aromatic heterocycles. The van der Waals surface area contributed by atoms with Gasteiger partial charge in [-0.05, 0) is 54.1 Å². The predicted molar refractivity (Wildman–Crippen MR) is 129 cm³/mol. The van der Waals surface area contributed by atoms with E-state index < -0.39 is 0 Å². The van der Waals surface area contributed by atoms with E-state index in [1.165, 1.54) is 5.69 Å². The van der Waals surface area contributed by atoms with Gasteiger partial charge in [-0.1, -0.05) is 35.9 Å². The molecule has 2 aliphatic rings. The SMILES string of the molecule is O=C(NCC(c1ccc2c(c1)OCO2)N1CCN(c2ccccc2)CC1)c1ccc(Cl)cc1. The van der Waals surface area contributed by atoms with Gasteiger partial charge in [0.25, 0.3) is 5.91 Å². The number of nitrogens with zero attached hydrogens (tertiary/aromatic N) is 2. The highest BCUT2D eigenvalue weighted by Crippen LogP contribution is 2.35. The minimum absolute atomic E-state index is 0.0219. The summed E-state index contributed by atoms with van der Waals surface area (Å²) in [7, 11) is 0. The monoisotopic (exact) mass is 463 g/mol. The van der Waals surface area contributed by atoms with E-state index in [0.29, 0.717) is 17.1 Å². The number of nitrogens with one attached hydrogen (secondary N) is 1. The molecule has 0 radical (unpaired) electrons. The molecule has 3 aromatic rings. The summed E-state index contributed by atoms with van der Waals surface area (Å²) in [5.74, 6) is 1.40. The number of hydrogen-bond acceptors (Lipinski definition) is 5. The van der Waals surface area contributed by atoms with Gasteiger partial charge >= 0.3 is 0 Å². The van der Waals surface area contributed by atoms with Gasteiger partial charge < -0.3 is 19.7 Å². The van der Waals surface area contributed by atoms with Crippen molar-refractivity contribution in [3.05, 3.63) is 88.9 Å². The topological polar surface area (TPSA) is 54.0 Å². The van der Waals surface area contributed by atoms with Gasteiger partial charge in [0.2, 0.25) is 6.79 Å². The van der Waals surface area contributed by atoms with Crippen LogP contribution >= 0.6 is 11.6 Å². The van der Waals surface area contributed by atoms with Crippen molar-refractivity contribution in [3.63, 3.8) is 0 Å². The van der Waals surface area contributed by atoms with Crippen LogP contribution in [0.4, 0.5) is 5.69 Å². The van der Waals surface area contributed by atoms with E-state index >= 15 is 0 Å². The summed E-state index contributed by atoms with van der Waals surface area (Å²) in [5.41, 5.74) is 2.94. The van der Waals surface area contributed by atoms with Crippen LogP contribution in [0.25, 0.3) is 0 Å². The summed E-state index contributed by atoms with van der Waals surface area (Å²) in [4.78, 5) is 17.6. The summed E-state index contributed by atoms with van der Waals surface area (Å²) in [6.45, 7) is 4.38. The first kappa shape index (κ1) is 21.6. The van der Waals surface area contributed by atoms with Crippen molar-refractivity contribution in [1.29, 1.82) is 0 Å². The van der Waals surface area contributed by atoms with E-state index in [0.717, 1.165) is 43.2 Å². The van der Waals surface area contributed by atoms with E-state index in [-0.39, 0.29) is 18.7 Å². The second-order valence-corrected chi connectivity index (χ2v) is 8.64. The lowest BCUT2D eigenvalue weighted by atomic mass is 10.0. The second-order valence-electron chi connectivity index (χ2n) is 8.20. The van der Waals surface area contributed by atoms with Crippen LogP contribution in [0, 0.1) is 0 Å². The maximum atomic E-state index is 12.8. The third-order valence-electron chi connectivity index (χ3n) is 6.22. The van der Waals surface area contributed by atoms with Gasteiger partial charge in [-0.15, -0.1) is 0 Å². The standard InChI is InChI=1S/C26H26ClN3O3/c27-21-9-6-19(7-10-21)26(31)28-17-23(20-8-11-24-25(16-20)33-18-32-24)30-14-12-29(13-15-30)22-4-2-1-3-5-22/h1-11,16,23H,12-15,17-18H2,(H,28,31). The lowest BCUT2D eigenvalue weighted by Crippen LogP contribution is -2.50. The van der Waals surface area contributed by atoms with E-state index in [9.17, 15) is 4.79 Å². The van der Waals surface area contributed by atoms with Crippen molar-refractivity contribution in [1.82, 2.24) is 10.2 Å². The molecule has 33 heavy (non-hydrogen) atoms. The van der Waals surface area contributed by atoms with E-state index in [4.69, 9.17) is 21.1 Å². The number of para-hydroxylation sites is 1. The quantitative estimate of drug-likeness (QED) is 0.588. The van der Waals surface area contributed by atoms with Gasteiger partial charge in [0.15, 0.2) is 11.5 Å². The lowest BCUT2D eigenvalue weighted by molar-refractivity contribution is 0.0930. The fourth-order valence-electron chi connectivity index (χ4n) is 4.40. The third kappa shape index (κ3) is 4.92. The first-order valence-corrected chi connectivity index (χ1v) is 11.5. The number of ether oxygens (including phenoxy) is 2. The molecule has 3 aromatic carbocycles. The minimum atomic E-state index is -0.111. The van der Waals surface area contributed by atoms with Gasteiger partial charge in [0.1, 0.15) is 0 Å². The molecule has 0 bridgehead atoms. The normalized spacial score (nSPS) is 16.5. The van der Waals surface area contributed by atoms with Crippen LogP contribution < -0.4 is 19.7 Å². The Morgan fingerprint density at radius 1 is 0.909 bits per heavy atom. The number of carbonyl (C=O) groups excluding carboxylic acids is 1. The molecule has 2 aliphatic heterocycles. The molecule has 1 amide bonds. The van der Waals surface area contributed by atoms with Crippen molar-refractivity contribution in [2.75, 3.05) is 44.4 Å². The minimum Gasteiger partial charge on any atom is -0.454 e. The van der Waals surface area contributed by atoms with Crippen LogP contribution in [0.2, 0.25) is 5.02 Å². The number of rotatable bonds is 6. The molecule has 1 atom stereocenters. The molecular formula is C26H26ClN3O3. The van der Waals surface area contributed by atoms with Gasteiger partial charge in [-0.25, -0.2) is 0 Å². The number of anilines is 1. The number of benzene rings is 3. The molecule has 1 saturated heterocycles. The van der Waals surface area contributed by atoms with Crippen molar-refractivity contribution in [2.45, 2.75) is 6.04 Å². The van der Waals surface area contributed by atoms with Crippen LogP contribution in [-0.4, -0.2) is 50.3 Å². The molecule has 0 aliphatic carbocycles. The molecule has 2 heterocycles. The van der Waals surface area contributed by atoms with Crippen LogP contribution in [0.3, 0.4) is 0 Å². The van der Waals surface area contributed by atoms with E-state index in [2.05, 4.69) is 45.4 Å². The zero-order valence-electron chi connectivity index (χ0n) is 18.2. The summed E-state index contributed by atoms with van der Waals surface area (Å²) in [6, 6.07) is 23.5. The zero-order chi connectivity index (χ0) is 22.6. The maximum absolute atomic E-state index is 12.8. The van der Waals surface area contributed by atoms with Crippen molar-refractivity contribution in [2.24, 2.45) is 0 Å². The summed E-state index contributed by atoms with van der Waals surface area (Å²) in [6.07, 6.45) is 0. The Labute approximate surface area is 198 Å². The van der Waals surface area contributed by atoms with E-state index in [1.807, 2.05) is 18.2 Å². The first-order valence-electron chi connectivity index (χ1n) is 11.1. The summed E-state index contributed by atoms with van der Waals surface area (Å²) >= 11 is 5.96. The molecule has 5 rings (SSSR count). The number of fused-ring (bicyclic) bond motifs is 1. The van der Waals surface area contributed by atoms with E-state index in [1.54, 1.807) is 24.3 Å². The maximum Gasteiger partial charge on any atom is 0.251 e. The smallest absolute Gasteiger partial charge is 0.251 e. The molecule has 0 spiro atoms. The Balaban J connectivity index is 1.32. The number of halogens is 1. The highest BCUT2D eigenvalue weighted by molar-refractivity contribution is 6.30. The molecule has 0 saturated carbocycles. The predicted octanol–water partition coefficient (Wildman–Crippen LogP) is 4.36. The molecule has 7 heteroatoms. The van der Waals surface area contributed by atoms with Crippen molar-refractivity contribution >= 4 is 23.2 Å². The average molecular weight is 464 g/mol. The molecule has 6 nitrogen and oxygen atoms in total. The Hall–Kier alpha value is -3.22. The van der Waals surface area contributed by atoms with Crippen molar-refractivity contribution in [3.8, 4) is 11.5 Å². The Bertz CT molecular complexity index is 1100. The molecule has 170 valence electrons. The third-order valence-corrected chi connectivity index (χ3v) is 6.47.